The fraction of sp³-hybridized carbons (Fsp3) is 0.636. The van der Waals surface area contributed by atoms with Crippen LogP contribution in [0.15, 0.2) is 16.8 Å². The SMILES string of the molecule is c1cc(CCO[C@H]2CCCNC2)cs1. The maximum atomic E-state index is 5.80. The first-order valence-electron chi connectivity index (χ1n) is 5.28. The summed E-state index contributed by atoms with van der Waals surface area (Å²) in [6.07, 6.45) is 3.97. The maximum Gasteiger partial charge on any atom is 0.0700 e. The molecule has 1 fully saturated rings. The number of hydrogen-bond acceptors (Lipinski definition) is 3. The van der Waals surface area contributed by atoms with E-state index in [2.05, 4.69) is 22.1 Å². The third-order valence-electron chi connectivity index (χ3n) is 2.58. The van der Waals surface area contributed by atoms with Crippen molar-refractivity contribution in [2.75, 3.05) is 19.7 Å². The molecule has 1 aromatic heterocycles. The van der Waals surface area contributed by atoms with Crippen molar-refractivity contribution in [3.05, 3.63) is 22.4 Å². The van der Waals surface area contributed by atoms with E-state index >= 15 is 0 Å². The van der Waals surface area contributed by atoms with Gasteiger partial charge in [0.05, 0.1) is 12.7 Å². The summed E-state index contributed by atoms with van der Waals surface area (Å²) < 4.78 is 5.80. The average Bonchev–Trinajstić information content (AvgIpc) is 2.72. The van der Waals surface area contributed by atoms with E-state index in [1.807, 2.05) is 0 Å². The topological polar surface area (TPSA) is 21.3 Å². The van der Waals surface area contributed by atoms with Crippen LogP contribution in [0.5, 0.6) is 0 Å². The molecule has 3 heteroatoms. The second-order valence-electron chi connectivity index (χ2n) is 3.72. The zero-order valence-corrected chi connectivity index (χ0v) is 9.19. The molecule has 1 aromatic rings. The van der Waals surface area contributed by atoms with Crippen molar-refractivity contribution in [1.29, 1.82) is 0 Å². The Morgan fingerprint density at radius 2 is 2.57 bits per heavy atom. The lowest BCUT2D eigenvalue weighted by atomic mass is 10.1. The number of piperidine rings is 1. The monoisotopic (exact) mass is 211 g/mol. The van der Waals surface area contributed by atoms with E-state index in [0.717, 1.165) is 26.1 Å². The van der Waals surface area contributed by atoms with Gasteiger partial charge < -0.3 is 10.1 Å². The molecule has 1 N–H and O–H groups in total. The summed E-state index contributed by atoms with van der Waals surface area (Å²) in [7, 11) is 0. The first kappa shape index (κ1) is 10.1. The van der Waals surface area contributed by atoms with Gasteiger partial charge in [-0.25, -0.2) is 0 Å². The number of nitrogens with one attached hydrogen (secondary N) is 1. The molecular weight excluding hydrogens is 194 g/mol. The second-order valence-corrected chi connectivity index (χ2v) is 4.50. The zero-order chi connectivity index (χ0) is 9.64. The van der Waals surface area contributed by atoms with Crippen molar-refractivity contribution in [2.24, 2.45) is 0 Å². The van der Waals surface area contributed by atoms with E-state index < -0.39 is 0 Å². The molecule has 2 heterocycles. The summed E-state index contributed by atoms with van der Waals surface area (Å²) in [5.74, 6) is 0. The molecule has 1 aliphatic rings. The fourth-order valence-corrected chi connectivity index (χ4v) is 2.44. The average molecular weight is 211 g/mol. The van der Waals surface area contributed by atoms with Crippen LogP contribution in [0.25, 0.3) is 0 Å². The van der Waals surface area contributed by atoms with Crippen LogP contribution < -0.4 is 5.32 Å². The van der Waals surface area contributed by atoms with Crippen LogP contribution in [0.1, 0.15) is 18.4 Å². The van der Waals surface area contributed by atoms with Crippen LogP contribution >= 0.6 is 11.3 Å². The molecule has 2 rings (SSSR count). The minimum Gasteiger partial charge on any atom is -0.377 e. The highest BCUT2D eigenvalue weighted by atomic mass is 32.1. The minimum absolute atomic E-state index is 0.447. The summed E-state index contributed by atoms with van der Waals surface area (Å²) in [5.41, 5.74) is 1.40. The Morgan fingerprint density at radius 3 is 3.29 bits per heavy atom. The van der Waals surface area contributed by atoms with Crippen LogP contribution in [-0.2, 0) is 11.2 Å². The fourth-order valence-electron chi connectivity index (χ4n) is 1.74. The van der Waals surface area contributed by atoms with Gasteiger partial charge >= 0.3 is 0 Å². The van der Waals surface area contributed by atoms with E-state index in [4.69, 9.17) is 4.74 Å². The third-order valence-corrected chi connectivity index (χ3v) is 3.31. The Morgan fingerprint density at radius 1 is 1.57 bits per heavy atom. The van der Waals surface area contributed by atoms with Crippen LogP contribution in [-0.4, -0.2) is 25.8 Å². The Bertz CT molecular complexity index is 242. The largest absolute Gasteiger partial charge is 0.377 e. The Kier molecular flexibility index (Phi) is 3.98. The van der Waals surface area contributed by atoms with Crippen LogP contribution in [0.3, 0.4) is 0 Å². The maximum absolute atomic E-state index is 5.80. The van der Waals surface area contributed by atoms with Gasteiger partial charge in [-0.15, -0.1) is 0 Å². The van der Waals surface area contributed by atoms with E-state index in [1.54, 1.807) is 11.3 Å². The highest BCUT2D eigenvalue weighted by Gasteiger charge is 2.12. The minimum atomic E-state index is 0.447. The lowest BCUT2D eigenvalue weighted by Crippen LogP contribution is -2.35. The lowest BCUT2D eigenvalue weighted by molar-refractivity contribution is 0.0390. The molecule has 1 atom stereocenters. The molecule has 1 saturated heterocycles. The van der Waals surface area contributed by atoms with Crippen molar-refractivity contribution in [3.63, 3.8) is 0 Å². The highest BCUT2D eigenvalue weighted by Crippen LogP contribution is 2.09. The second kappa shape index (κ2) is 5.49. The zero-order valence-electron chi connectivity index (χ0n) is 8.37. The smallest absolute Gasteiger partial charge is 0.0700 e. The summed E-state index contributed by atoms with van der Waals surface area (Å²) in [4.78, 5) is 0. The van der Waals surface area contributed by atoms with Gasteiger partial charge in [0.1, 0.15) is 0 Å². The molecule has 0 bridgehead atoms. The van der Waals surface area contributed by atoms with Gasteiger partial charge in [-0.1, -0.05) is 0 Å². The first-order valence-corrected chi connectivity index (χ1v) is 6.23. The predicted molar refractivity (Wildman–Crippen MR) is 59.9 cm³/mol. The molecule has 0 radical (unpaired) electrons. The molecular formula is C11H17NOS. The van der Waals surface area contributed by atoms with Crippen molar-refractivity contribution in [1.82, 2.24) is 5.32 Å². The molecule has 1 aliphatic heterocycles. The summed E-state index contributed by atoms with van der Waals surface area (Å²) in [5, 5.41) is 7.67. The summed E-state index contributed by atoms with van der Waals surface area (Å²) >= 11 is 1.76. The molecule has 78 valence electrons. The Hall–Kier alpha value is -0.380. The molecule has 0 aliphatic carbocycles. The molecule has 0 saturated carbocycles. The number of ether oxygens (including phenoxy) is 1. The molecule has 0 spiro atoms. The van der Waals surface area contributed by atoms with Crippen LogP contribution in [0, 0.1) is 0 Å². The Labute approximate surface area is 89.3 Å². The number of hydrogen-bond donors (Lipinski definition) is 1. The van der Waals surface area contributed by atoms with E-state index in [-0.39, 0.29) is 0 Å². The standard InChI is InChI=1S/C11H17NOS/c1-2-11(8-12-5-1)13-6-3-10-4-7-14-9-10/h4,7,9,11-12H,1-3,5-6,8H2/t11-/m0/s1. The van der Waals surface area contributed by atoms with E-state index in [0.29, 0.717) is 6.10 Å². The van der Waals surface area contributed by atoms with Gasteiger partial charge in [0.2, 0.25) is 0 Å². The van der Waals surface area contributed by atoms with Crippen molar-refractivity contribution in [3.8, 4) is 0 Å². The molecule has 0 unspecified atom stereocenters. The van der Waals surface area contributed by atoms with Gasteiger partial charge in [-0.3, -0.25) is 0 Å². The predicted octanol–water partition coefficient (Wildman–Crippen LogP) is 2.06. The number of rotatable bonds is 4. The van der Waals surface area contributed by atoms with Gasteiger partial charge in [-0.2, -0.15) is 11.3 Å². The molecule has 2 nitrogen and oxygen atoms in total. The lowest BCUT2D eigenvalue weighted by Gasteiger charge is -2.22. The van der Waals surface area contributed by atoms with Gasteiger partial charge in [-0.05, 0) is 48.2 Å². The van der Waals surface area contributed by atoms with Crippen LogP contribution in [0.2, 0.25) is 0 Å². The normalized spacial score (nSPS) is 22.4. The summed E-state index contributed by atoms with van der Waals surface area (Å²) in [6.45, 7) is 3.05. The van der Waals surface area contributed by atoms with E-state index in [9.17, 15) is 0 Å². The quantitative estimate of drug-likeness (QED) is 0.823. The first-order chi connectivity index (χ1) is 6.95. The van der Waals surface area contributed by atoms with Crippen molar-refractivity contribution >= 4 is 11.3 Å². The molecule has 0 amide bonds. The highest BCUT2D eigenvalue weighted by molar-refractivity contribution is 7.07. The molecule has 14 heavy (non-hydrogen) atoms. The van der Waals surface area contributed by atoms with Gasteiger partial charge in [0.15, 0.2) is 0 Å². The summed E-state index contributed by atoms with van der Waals surface area (Å²) in [6, 6.07) is 2.17. The molecule has 0 aromatic carbocycles. The number of thiophene rings is 1. The van der Waals surface area contributed by atoms with E-state index in [1.165, 1.54) is 18.4 Å². The Balaban J connectivity index is 1.62. The van der Waals surface area contributed by atoms with Crippen LogP contribution in [0.4, 0.5) is 0 Å². The van der Waals surface area contributed by atoms with Crippen molar-refractivity contribution in [2.45, 2.75) is 25.4 Å². The van der Waals surface area contributed by atoms with Gasteiger partial charge in [0, 0.05) is 6.54 Å². The van der Waals surface area contributed by atoms with Crippen molar-refractivity contribution < 1.29 is 4.74 Å². The third kappa shape index (κ3) is 3.08. The van der Waals surface area contributed by atoms with Gasteiger partial charge in [0.25, 0.3) is 0 Å².